The number of nitrogens with zero attached hydrogens (tertiary/aromatic N) is 1. The largest absolute Gasteiger partial charge is 0.393 e. The molecule has 0 aliphatic carbocycles. The number of amides is 1. The summed E-state index contributed by atoms with van der Waals surface area (Å²) in [6.45, 7) is 3.97. The first-order chi connectivity index (χ1) is 7.00. The molecule has 3 N–H and O–H groups in total. The molecule has 1 rings (SSSR count). The first-order valence-electron chi connectivity index (χ1n) is 4.51. The molecule has 0 spiro atoms. The Hall–Kier alpha value is -1.43. The lowest BCUT2D eigenvalue weighted by molar-refractivity contribution is 0.0942. The average molecular weight is 227 g/mol. The summed E-state index contributed by atoms with van der Waals surface area (Å²) in [5.41, 5.74) is 5.68. The number of carbonyl (C=O) groups excluding carboxylic acids is 1. The highest BCUT2D eigenvalue weighted by Gasteiger charge is 2.12. The highest BCUT2D eigenvalue weighted by Crippen LogP contribution is 2.01. The fraction of sp³-hybridized carbons (Fsp3) is 0.444. The molecular weight excluding hydrogens is 214 g/mol. The third-order valence-electron chi connectivity index (χ3n) is 1.92. The van der Waals surface area contributed by atoms with E-state index in [0.29, 0.717) is 17.3 Å². The van der Waals surface area contributed by atoms with E-state index in [1.165, 1.54) is 0 Å². The maximum atomic E-state index is 11.5. The van der Waals surface area contributed by atoms with Gasteiger partial charge in [0.25, 0.3) is 5.91 Å². The van der Waals surface area contributed by atoms with Gasteiger partial charge in [-0.05, 0) is 6.92 Å². The fourth-order valence-corrected chi connectivity index (χ4v) is 0.994. The van der Waals surface area contributed by atoms with E-state index in [2.05, 4.69) is 10.5 Å². The van der Waals surface area contributed by atoms with E-state index < -0.39 is 0 Å². The molecule has 0 radical (unpaired) electrons. The van der Waals surface area contributed by atoms with Gasteiger partial charge in [0.05, 0.1) is 4.99 Å². The van der Waals surface area contributed by atoms with Crippen molar-refractivity contribution in [2.24, 2.45) is 11.7 Å². The van der Waals surface area contributed by atoms with E-state index in [0.717, 1.165) is 0 Å². The van der Waals surface area contributed by atoms with Gasteiger partial charge in [0, 0.05) is 18.5 Å². The molecule has 0 aliphatic heterocycles. The predicted octanol–water partition coefficient (Wildman–Crippen LogP) is 0.635. The molecule has 0 saturated heterocycles. The average Bonchev–Trinajstić information content (AvgIpc) is 2.60. The van der Waals surface area contributed by atoms with Gasteiger partial charge in [-0.1, -0.05) is 24.3 Å². The number of hydrogen-bond donors (Lipinski definition) is 2. The molecule has 0 aliphatic rings. The summed E-state index contributed by atoms with van der Waals surface area (Å²) in [5, 5.41) is 6.25. The number of aryl methyl sites for hydroxylation is 1. The Balaban J connectivity index is 2.47. The number of thiocarbonyl (C=S) groups is 1. The second kappa shape index (κ2) is 4.88. The highest BCUT2D eigenvalue weighted by atomic mass is 32.1. The van der Waals surface area contributed by atoms with E-state index in [4.69, 9.17) is 22.5 Å². The standard InChI is InChI=1S/C9H13N3O2S/c1-5(8(10)15)4-11-9(13)7-3-6(2)14-12-7/h3,5H,4H2,1-2H3,(H2,10,15)(H,11,13). The van der Waals surface area contributed by atoms with Crippen LogP contribution in [0.5, 0.6) is 0 Å². The molecule has 5 nitrogen and oxygen atoms in total. The quantitative estimate of drug-likeness (QED) is 0.737. The zero-order valence-electron chi connectivity index (χ0n) is 8.61. The van der Waals surface area contributed by atoms with Crippen LogP contribution in [-0.4, -0.2) is 22.6 Å². The zero-order chi connectivity index (χ0) is 11.4. The molecule has 1 unspecified atom stereocenters. The highest BCUT2D eigenvalue weighted by molar-refractivity contribution is 7.80. The number of carbonyl (C=O) groups is 1. The Morgan fingerprint density at radius 2 is 2.47 bits per heavy atom. The summed E-state index contributed by atoms with van der Waals surface area (Å²) in [5.74, 6) is 0.287. The van der Waals surface area contributed by atoms with Crippen molar-refractivity contribution in [2.75, 3.05) is 6.54 Å². The lowest BCUT2D eigenvalue weighted by Crippen LogP contribution is -2.33. The van der Waals surface area contributed by atoms with Crippen molar-refractivity contribution in [3.05, 3.63) is 17.5 Å². The molecular formula is C9H13N3O2S. The summed E-state index contributed by atoms with van der Waals surface area (Å²) in [4.78, 5) is 11.8. The van der Waals surface area contributed by atoms with Crippen molar-refractivity contribution in [2.45, 2.75) is 13.8 Å². The van der Waals surface area contributed by atoms with Crippen molar-refractivity contribution in [3.8, 4) is 0 Å². The normalized spacial score (nSPS) is 12.1. The lowest BCUT2D eigenvalue weighted by Gasteiger charge is -2.09. The lowest BCUT2D eigenvalue weighted by atomic mass is 10.2. The first kappa shape index (κ1) is 11.6. The summed E-state index contributed by atoms with van der Waals surface area (Å²) in [7, 11) is 0. The smallest absolute Gasteiger partial charge is 0.273 e. The second-order valence-corrected chi connectivity index (χ2v) is 3.81. The minimum atomic E-state index is -0.282. The van der Waals surface area contributed by atoms with Gasteiger partial charge in [0.1, 0.15) is 5.76 Å². The molecule has 0 saturated carbocycles. The van der Waals surface area contributed by atoms with Gasteiger partial charge in [-0.15, -0.1) is 0 Å². The minimum Gasteiger partial charge on any atom is -0.393 e. The van der Waals surface area contributed by atoms with E-state index in [-0.39, 0.29) is 17.5 Å². The summed E-state index contributed by atoms with van der Waals surface area (Å²) in [6, 6.07) is 1.57. The third-order valence-corrected chi connectivity index (χ3v) is 2.32. The molecule has 0 aromatic carbocycles. The van der Waals surface area contributed by atoms with Crippen LogP contribution in [-0.2, 0) is 0 Å². The van der Waals surface area contributed by atoms with Crippen molar-refractivity contribution < 1.29 is 9.32 Å². The number of aromatic nitrogens is 1. The van der Waals surface area contributed by atoms with Crippen LogP contribution in [0.3, 0.4) is 0 Å². The van der Waals surface area contributed by atoms with E-state index in [9.17, 15) is 4.79 Å². The number of nitrogens with two attached hydrogens (primary N) is 1. The number of nitrogens with one attached hydrogen (secondary N) is 1. The summed E-state index contributed by atoms with van der Waals surface area (Å²) < 4.78 is 4.78. The Morgan fingerprint density at radius 3 is 2.93 bits per heavy atom. The van der Waals surface area contributed by atoms with Crippen molar-refractivity contribution >= 4 is 23.1 Å². The van der Waals surface area contributed by atoms with Gasteiger partial charge in [-0.25, -0.2) is 0 Å². The van der Waals surface area contributed by atoms with Gasteiger partial charge < -0.3 is 15.6 Å². The Kier molecular flexibility index (Phi) is 3.79. The first-order valence-corrected chi connectivity index (χ1v) is 4.92. The summed E-state index contributed by atoms with van der Waals surface area (Å²) >= 11 is 4.78. The fourth-order valence-electron chi connectivity index (χ4n) is 0.910. The van der Waals surface area contributed by atoms with Crippen LogP contribution in [0.2, 0.25) is 0 Å². The van der Waals surface area contributed by atoms with Crippen molar-refractivity contribution in [1.29, 1.82) is 0 Å². The molecule has 1 heterocycles. The number of rotatable bonds is 4. The van der Waals surface area contributed by atoms with Crippen LogP contribution in [0.15, 0.2) is 10.6 Å². The van der Waals surface area contributed by atoms with E-state index >= 15 is 0 Å². The van der Waals surface area contributed by atoms with Gasteiger partial charge in [0.2, 0.25) is 0 Å². The van der Waals surface area contributed by atoms with Crippen LogP contribution in [0.1, 0.15) is 23.2 Å². The molecule has 1 atom stereocenters. The van der Waals surface area contributed by atoms with Crippen LogP contribution in [0.25, 0.3) is 0 Å². The van der Waals surface area contributed by atoms with Gasteiger partial charge in [-0.2, -0.15) is 0 Å². The molecule has 15 heavy (non-hydrogen) atoms. The second-order valence-electron chi connectivity index (χ2n) is 3.34. The van der Waals surface area contributed by atoms with Gasteiger partial charge in [-0.3, -0.25) is 4.79 Å². The Labute approximate surface area is 93.0 Å². The molecule has 82 valence electrons. The predicted molar refractivity (Wildman–Crippen MR) is 59.5 cm³/mol. The SMILES string of the molecule is Cc1cc(C(=O)NCC(C)C(N)=S)no1. The van der Waals surface area contributed by atoms with Crippen molar-refractivity contribution in [3.63, 3.8) is 0 Å². The van der Waals surface area contributed by atoms with Crippen molar-refractivity contribution in [1.82, 2.24) is 10.5 Å². The molecule has 1 amide bonds. The van der Waals surface area contributed by atoms with Crippen LogP contribution < -0.4 is 11.1 Å². The monoisotopic (exact) mass is 227 g/mol. The maximum Gasteiger partial charge on any atom is 0.273 e. The minimum absolute atomic E-state index is 0.0306. The van der Waals surface area contributed by atoms with Crippen LogP contribution in [0.4, 0.5) is 0 Å². The van der Waals surface area contributed by atoms with Crippen LogP contribution >= 0.6 is 12.2 Å². The number of hydrogen-bond acceptors (Lipinski definition) is 4. The van der Waals surface area contributed by atoms with E-state index in [1.54, 1.807) is 13.0 Å². The van der Waals surface area contributed by atoms with Gasteiger partial charge >= 0.3 is 0 Å². The van der Waals surface area contributed by atoms with Gasteiger partial charge in [0.15, 0.2) is 5.69 Å². The van der Waals surface area contributed by atoms with Crippen LogP contribution in [0, 0.1) is 12.8 Å². The van der Waals surface area contributed by atoms with E-state index in [1.807, 2.05) is 6.92 Å². The third kappa shape index (κ3) is 3.32. The molecule has 0 fully saturated rings. The zero-order valence-corrected chi connectivity index (χ0v) is 9.43. The maximum absolute atomic E-state index is 11.5. The molecule has 0 bridgehead atoms. The molecule has 6 heteroatoms. The molecule has 1 aromatic heterocycles. The molecule has 1 aromatic rings. The topological polar surface area (TPSA) is 81.2 Å². The Bertz CT molecular complexity index is 375. The Morgan fingerprint density at radius 1 is 1.80 bits per heavy atom. The summed E-state index contributed by atoms with van der Waals surface area (Å²) in [6.07, 6.45) is 0.